The van der Waals surface area contributed by atoms with Crippen LogP contribution in [-0.2, 0) is 10.0 Å². The first-order chi connectivity index (χ1) is 9.87. The van der Waals surface area contributed by atoms with E-state index < -0.39 is 10.0 Å². The van der Waals surface area contributed by atoms with E-state index in [0.29, 0.717) is 15.8 Å². The Kier molecular flexibility index (Phi) is 4.21. The Morgan fingerprint density at radius 1 is 1.24 bits per heavy atom. The van der Waals surface area contributed by atoms with E-state index in [1.54, 1.807) is 30.3 Å². The molecule has 0 aromatic heterocycles. The summed E-state index contributed by atoms with van der Waals surface area (Å²) in [4.78, 5) is 0.0680. The number of benzene rings is 2. The van der Waals surface area contributed by atoms with Gasteiger partial charge in [0, 0.05) is 17.2 Å². The smallest absolute Gasteiger partial charge is 0.264 e. The van der Waals surface area contributed by atoms with Gasteiger partial charge in [-0.3, -0.25) is 4.31 Å². The highest BCUT2D eigenvalue weighted by atomic mass is 79.9. The second kappa shape index (κ2) is 5.76. The second-order valence-corrected chi connectivity index (χ2v) is 7.11. The molecule has 0 amide bonds. The minimum Gasteiger partial charge on any atom is -0.398 e. The highest BCUT2D eigenvalue weighted by molar-refractivity contribution is 9.10. The van der Waals surface area contributed by atoms with Crippen LogP contribution in [0.1, 0.15) is 5.56 Å². The molecule has 0 heterocycles. The molecule has 0 fully saturated rings. The van der Waals surface area contributed by atoms with Crippen molar-refractivity contribution in [3.63, 3.8) is 0 Å². The molecule has 21 heavy (non-hydrogen) atoms. The van der Waals surface area contributed by atoms with Crippen LogP contribution in [0.2, 0.25) is 0 Å². The summed E-state index contributed by atoms with van der Waals surface area (Å²) >= 11 is 3.22. The van der Waals surface area contributed by atoms with Crippen LogP contribution in [-0.4, -0.2) is 15.5 Å². The molecule has 0 unspecified atom stereocenters. The number of sulfonamides is 1. The Labute approximate surface area is 131 Å². The van der Waals surface area contributed by atoms with Crippen LogP contribution >= 0.6 is 15.9 Å². The SMILES string of the molecule is CN(c1ccccc1C#N)S(=O)(=O)c1ccc(Br)c(N)c1. The topological polar surface area (TPSA) is 87.2 Å². The van der Waals surface area contributed by atoms with E-state index in [2.05, 4.69) is 15.9 Å². The van der Waals surface area contributed by atoms with Crippen LogP contribution in [0.3, 0.4) is 0 Å². The van der Waals surface area contributed by atoms with Crippen LogP contribution in [0, 0.1) is 11.3 Å². The molecule has 7 heteroatoms. The molecule has 0 spiro atoms. The minimum absolute atomic E-state index is 0.0680. The van der Waals surface area contributed by atoms with Gasteiger partial charge in [0.1, 0.15) is 6.07 Å². The number of hydrogen-bond donors (Lipinski definition) is 1. The molecular weight excluding hydrogens is 354 g/mol. The number of nitriles is 1. The molecule has 2 N–H and O–H groups in total. The molecule has 0 saturated carbocycles. The summed E-state index contributed by atoms with van der Waals surface area (Å²) in [5.74, 6) is 0. The number of halogens is 1. The molecule has 0 bridgehead atoms. The highest BCUT2D eigenvalue weighted by Gasteiger charge is 2.23. The van der Waals surface area contributed by atoms with E-state index in [-0.39, 0.29) is 10.5 Å². The van der Waals surface area contributed by atoms with Gasteiger partial charge < -0.3 is 5.73 Å². The maximum Gasteiger partial charge on any atom is 0.264 e. The van der Waals surface area contributed by atoms with E-state index in [1.165, 1.54) is 19.2 Å². The number of rotatable bonds is 3. The molecule has 0 aliphatic carbocycles. The largest absolute Gasteiger partial charge is 0.398 e. The fourth-order valence-corrected chi connectivity index (χ4v) is 3.31. The summed E-state index contributed by atoms with van der Waals surface area (Å²) < 4.78 is 26.9. The summed E-state index contributed by atoms with van der Waals surface area (Å²) in [6.45, 7) is 0. The number of nitrogen functional groups attached to an aromatic ring is 1. The average molecular weight is 366 g/mol. The molecule has 0 aliphatic rings. The van der Waals surface area contributed by atoms with E-state index in [0.717, 1.165) is 4.31 Å². The molecule has 2 rings (SSSR count). The fraction of sp³-hybridized carbons (Fsp3) is 0.0714. The van der Waals surface area contributed by atoms with E-state index in [1.807, 2.05) is 6.07 Å². The van der Waals surface area contributed by atoms with Crippen LogP contribution in [0.15, 0.2) is 51.8 Å². The molecule has 0 atom stereocenters. The molecule has 5 nitrogen and oxygen atoms in total. The van der Waals surface area contributed by atoms with Gasteiger partial charge in [0.25, 0.3) is 10.0 Å². The van der Waals surface area contributed by atoms with Gasteiger partial charge in [-0.2, -0.15) is 5.26 Å². The van der Waals surface area contributed by atoms with Crippen molar-refractivity contribution in [1.29, 1.82) is 5.26 Å². The van der Waals surface area contributed by atoms with Gasteiger partial charge in [0.05, 0.1) is 16.1 Å². The lowest BCUT2D eigenvalue weighted by Crippen LogP contribution is -2.27. The third-order valence-electron chi connectivity index (χ3n) is 2.99. The zero-order valence-corrected chi connectivity index (χ0v) is 13.5. The zero-order valence-electron chi connectivity index (χ0n) is 11.1. The van der Waals surface area contributed by atoms with Crippen LogP contribution < -0.4 is 10.0 Å². The number of anilines is 2. The molecule has 0 radical (unpaired) electrons. The van der Waals surface area contributed by atoms with Gasteiger partial charge >= 0.3 is 0 Å². The van der Waals surface area contributed by atoms with Crippen molar-refractivity contribution in [2.75, 3.05) is 17.1 Å². The summed E-state index contributed by atoms with van der Waals surface area (Å²) in [5, 5.41) is 9.09. The first kappa shape index (κ1) is 15.4. The van der Waals surface area contributed by atoms with Gasteiger partial charge in [-0.1, -0.05) is 12.1 Å². The van der Waals surface area contributed by atoms with Crippen molar-refractivity contribution in [1.82, 2.24) is 0 Å². The molecule has 0 saturated heterocycles. The first-order valence-corrected chi connectivity index (χ1v) is 8.14. The normalized spacial score (nSPS) is 10.9. The third kappa shape index (κ3) is 2.86. The van der Waals surface area contributed by atoms with Crippen LogP contribution in [0.5, 0.6) is 0 Å². The Morgan fingerprint density at radius 3 is 2.52 bits per heavy atom. The predicted octanol–water partition coefficient (Wildman–Crippen LogP) is 2.73. The summed E-state index contributed by atoms with van der Waals surface area (Å²) in [6.07, 6.45) is 0. The van der Waals surface area contributed by atoms with Gasteiger partial charge in [-0.15, -0.1) is 0 Å². The van der Waals surface area contributed by atoms with Gasteiger partial charge in [0.2, 0.25) is 0 Å². The lowest BCUT2D eigenvalue weighted by Gasteiger charge is -2.20. The fourth-order valence-electron chi connectivity index (χ4n) is 1.81. The number of hydrogen-bond acceptors (Lipinski definition) is 4. The van der Waals surface area contributed by atoms with Crippen molar-refractivity contribution >= 4 is 37.3 Å². The molecule has 108 valence electrons. The number of nitrogens with zero attached hydrogens (tertiary/aromatic N) is 2. The summed E-state index contributed by atoms with van der Waals surface area (Å²) in [7, 11) is -2.38. The Balaban J connectivity index is 2.53. The molecule has 0 aliphatic heterocycles. The van der Waals surface area contributed by atoms with Crippen molar-refractivity contribution in [3.05, 3.63) is 52.5 Å². The summed E-state index contributed by atoms with van der Waals surface area (Å²) in [6, 6.07) is 12.9. The predicted molar refractivity (Wildman–Crippen MR) is 85.3 cm³/mol. The van der Waals surface area contributed by atoms with Gasteiger partial charge in [-0.05, 0) is 46.3 Å². The average Bonchev–Trinajstić information content (AvgIpc) is 2.49. The maximum atomic E-state index is 12.6. The monoisotopic (exact) mass is 365 g/mol. The Morgan fingerprint density at radius 2 is 1.90 bits per heavy atom. The van der Waals surface area contributed by atoms with Crippen molar-refractivity contribution in [2.24, 2.45) is 0 Å². The minimum atomic E-state index is -3.78. The second-order valence-electron chi connectivity index (χ2n) is 4.28. The number of nitrogens with two attached hydrogens (primary N) is 1. The standard InChI is InChI=1S/C14H12BrN3O2S/c1-18(14-5-3-2-4-10(14)9-16)21(19,20)11-6-7-12(15)13(17)8-11/h2-8H,17H2,1H3. The summed E-state index contributed by atoms with van der Waals surface area (Å²) in [5.41, 5.74) is 6.67. The number of para-hydroxylation sites is 1. The van der Waals surface area contributed by atoms with Crippen LogP contribution in [0.25, 0.3) is 0 Å². The molecule has 2 aromatic carbocycles. The molecular formula is C14H12BrN3O2S. The Hall–Kier alpha value is -2.04. The lowest BCUT2D eigenvalue weighted by molar-refractivity contribution is 0.594. The Bertz CT molecular complexity index is 828. The van der Waals surface area contributed by atoms with E-state index in [9.17, 15) is 8.42 Å². The van der Waals surface area contributed by atoms with Gasteiger partial charge in [0.15, 0.2) is 0 Å². The van der Waals surface area contributed by atoms with E-state index >= 15 is 0 Å². The van der Waals surface area contributed by atoms with Crippen LogP contribution in [0.4, 0.5) is 11.4 Å². The van der Waals surface area contributed by atoms with E-state index in [4.69, 9.17) is 11.0 Å². The first-order valence-electron chi connectivity index (χ1n) is 5.91. The van der Waals surface area contributed by atoms with Gasteiger partial charge in [-0.25, -0.2) is 8.42 Å². The molecule has 2 aromatic rings. The highest BCUT2D eigenvalue weighted by Crippen LogP contribution is 2.28. The lowest BCUT2D eigenvalue weighted by atomic mass is 10.2. The maximum absolute atomic E-state index is 12.6. The van der Waals surface area contributed by atoms with Crippen molar-refractivity contribution < 1.29 is 8.42 Å². The quantitative estimate of drug-likeness (QED) is 0.847. The zero-order chi connectivity index (χ0) is 15.6. The third-order valence-corrected chi connectivity index (χ3v) is 5.48. The van der Waals surface area contributed by atoms with Crippen molar-refractivity contribution in [2.45, 2.75) is 4.90 Å². The van der Waals surface area contributed by atoms with Crippen molar-refractivity contribution in [3.8, 4) is 6.07 Å².